The smallest absolute Gasteiger partial charge is 0.301 e. The highest BCUT2D eigenvalue weighted by Gasteiger charge is 2.48. The first-order valence-corrected chi connectivity index (χ1v) is 10.6. The summed E-state index contributed by atoms with van der Waals surface area (Å²) >= 11 is 7.26. The molecule has 1 N–H and O–H groups in total. The zero-order valence-corrected chi connectivity index (χ0v) is 17.5. The lowest BCUT2D eigenvalue weighted by Crippen LogP contribution is -2.29. The number of nitrogens with zero attached hydrogens (tertiary/aromatic N) is 3. The van der Waals surface area contributed by atoms with Crippen molar-refractivity contribution in [3.63, 3.8) is 0 Å². The molecule has 0 bridgehead atoms. The predicted octanol–water partition coefficient (Wildman–Crippen LogP) is 4.97. The first-order chi connectivity index (χ1) is 15.0. The number of amides is 1. The molecule has 1 atom stereocenters. The number of para-hydroxylation sites is 1. The fraction of sp³-hybridized carbons (Fsp3) is 0.0435. The molecule has 0 unspecified atom stereocenters. The van der Waals surface area contributed by atoms with Gasteiger partial charge < -0.3 is 5.11 Å². The van der Waals surface area contributed by atoms with Crippen molar-refractivity contribution in [2.45, 2.75) is 6.04 Å². The molecule has 31 heavy (non-hydrogen) atoms. The summed E-state index contributed by atoms with van der Waals surface area (Å²) in [4.78, 5) is 36.3. The van der Waals surface area contributed by atoms with E-state index < -0.39 is 17.7 Å². The summed E-state index contributed by atoms with van der Waals surface area (Å²) in [5.74, 6) is -1.79. The minimum absolute atomic E-state index is 0.0143. The summed E-state index contributed by atoms with van der Waals surface area (Å²) in [6.07, 6.45) is 3.18. The number of carbonyl (C=O) groups is 2. The van der Waals surface area contributed by atoms with Crippen LogP contribution < -0.4 is 4.90 Å². The van der Waals surface area contributed by atoms with Crippen LogP contribution in [-0.2, 0) is 9.59 Å². The van der Waals surface area contributed by atoms with E-state index in [1.54, 1.807) is 48.8 Å². The van der Waals surface area contributed by atoms with Crippen LogP contribution >= 0.6 is 22.9 Å². The highest BCUT2D eigenvalue weighted by Crippen LogP contribution is 2.44. The Hall–Kier alpha value is -3.55. The number of aromatic nitrogens is 2. The van der Waals surface area contributed by atoms with Gasteiger partial charge in [-0.2, -0.15) is 0 Å². The molecule has 4 aromatic rings. The first kappa shape index (κ1) is 19.4. The van der Waals surface area contributed by atoms with E-state index in [-0.39, 0.29) is 11.3 Å². The van der Waals surface area contributed by atoms with Crippen LogP contribution in [-0.4, -0.2) is 26.8 Å². The maximum atomic E-state index is 13.1. The molecular formula is C23H14ClN3O3S. The van der Waals surface area contributed by atoms with Crippen LogP contribution in [0, 0.1) is 0 Å². The minimum atomic E-state index is -0.857. The summed E-state index contributed by atoms with van der Waals surface area (Å²) in [5, 5.41) is 11.9. The molecule has 3 heterocycles. The minimum Gasteiger partial charge on any atom is -0.507 e. The average molecular weight is 448 g/mol. The second-order valence-corrected chi connectivity index (χ2v) is 8.37. The van der Waals surface area contributed by atoms with E-state index in [1.807, 2.05) is 24.3 Å². The monoisotopic (exact) mass is 447 g/mol. The lowest BCUT2D eigenvalue weighted by molar-refractivity contribution is -0.132. The lowest BCUT2D eigenvalue weighted by atomic mass is 9.96. The van der Waals surface area contributed by atoms with Gasteiger partial charge in [-0.05, 0) is 48.0 Å². The molecule has 2 aromatic heterocycles. The number of anilines is 1. The van der Waals surface area contributed by atoms with Crippen LogP contribution in [0.5, 0.6) is 0 Å². The van der Waals surface area contributed by atoms with Gasteiger partial charge in [0.15, 0.2) is 5.13 Å². The number of pyridine rings is 1. The molecule has 0 radical (unpaired) electrons. The van der Waals surface area contributed by atoms with Crippen LogP contribution in [0.2, 0.25) is 5.02 Å². The van der Waals surface area contributed by atoms with Crippen molar-refractivity contribution in [3.05, 3.63) is 94.8 Å². The molecule has 8 heteroatoms. The number of thiazole rings is 1. The third-order valence-electron chi connectivity index (χ3n) is 5.05. The number of rotatable bonds is 3. The molecule has 152 valence electrons. The van der Waals surface area contributed by atoms with Gasteiger partial charge in [-0.1, -0.05) is 41.1 Å². The summed E-state index contributed by atoms with van der Waals surface area (Å²) < 4.78 is 0.891. The Kier molecular flexibility index (Phi) is 4.77. The molecule has 1 fully saturated rings. The molecule has 1 amide bonds. The maximum absolute atomic E-state index is 13.1. The molecule has 1 saturated heterocycles. The van der Waals surface area contributed by atoms with Gasteiger partial charge in [0.25, 0.3) is 5.78 Å². The summed E-state index contributed by atoms with van der Waals surface area (Å²) in [6, 6.07) is 16.5. The van der Waals surface area contributed by atoms with E-state index in [4.69, 9.17) is 11.6 Å². The molecule has 1 aliphatic heterocycles. The largest absolute Gasteiger partial charge is 0.507 e. The quantitative estimate of drug-likeness (QED) is 0.272. The Bertz CT molecular complexity index is 1320. The maximum Gasteiger partial charge on any atom is 0.301 e. The van der Waals surface area contributed by atoms with Crippen LogP contribution in [0.4, 0.5) is 5.13 Å². The van der Waals surface area contributed by atoms with E-state index in [0.29, 0.717) is 21.3 Å². The van der Waals surface area contributed by atoms with Crippen molar-refractivity contribution in [3.8, 4) is 0 Å². The first-order valence-electron chi connectivity index (χ1n) is 9.37. The summed E-state index contributed by atoms with van der Waals surface area (Å²) in [7, 11) is 0. The fourth-order valence-electron chi connectivity index (χ4n) is 3.61. The van der Waals surface area contributed by atoms with Gasteiger partial charge in [-0.3, -0.25) is 19.5 Å². The Labute approximate surface area is 186 Å². The van der Waals surface area contributed by atoms with Crippen LogP contribution in [0.1, 0.15) is 17.2 Å². The van der Waals surface area contributed by atoms with E-state index in [9.17, 15) is 14.7 Å². The van der Waals surface area contributed by atoms with Crippen molar-refractivity contribution < 1.29 is 14.7 Å². The van der Waals surface area contributed by atoms with Crippen molar-refractivity contribution in [2.24, 2.45) is 0 Å². The number of fused-ring (bicyclic) bond motifs is 1. The van der Waals surface area contributed by atoms with Gasteiger partial charge in [0, 0.05) is 23.0 Å². The third-order valence-corrected chi connectivity index (χ3v) is 6.34. The number of aliphatic hydroxyl groups excluding tert-OH is 1. The van der Waals surface area contributed by atoms with Crippen LogP contribution in [0.3, 0.4) is 0 Å². The average Bonchev–Trinajstić information content (AvgIpc) is 3.33. The van der Waals surface area contributed by atoms with Crippen LogP contribution in [0.15, 0.2) is 78.6 Å². The Balaban J connectivity index is 1.73. The van der Waals surface area contributed by atoms with E-state index in [0.717, 1.165) is 10.2 Å². The predicted molar refractivity (Wildman–Crippen MR) is 120 cm³/mol. The van der Waals surface area contributed by atoms with Gasteiger partial charge in [-0.15, -0.1) is 0 Å². The highest BCUT2D eigenvalue weighted by atomic mass is 35.5. The van der Waals surface area contributed by atoms with Crippen molar-refractivity contribution in [1.82, 2.24) is 9.97 Å². The summed E-state index contributed by atoms with van der Waals surface area (Å²) in [5.41, 5.74) is 1.70. The Morgan fingerprint density at radius 1 is 1.03 bits per heavy atom. The number of halogens is 1. The van der Waals surface area contributed by atoms with Crippen molar-refractivity contribution in [1.29, 1.82) is 0 Å². The van der Waals surface area contributed by atoms with E-state index in [2.05, 4.69) is 9.97 Å². The number of hydrogen-bond donors (Lipinski definition) is 1. The molecule has 6 nitrogen and oxygen atoms in total. The number of benzene rings is 2. The Morgan fingerprint density at radius 3 is 2.52 bits per heavy atom. The van der Waals surface area contributed by atoms with E-state index in [1.165, 1.54) is 16.2 Å². The molecule has 5 rings (SSSR count). The van der Waals surface area contributed by atoms with Gasteiger partial charge in [0.1, 0.15) is 5.76 Å². The van der Waals surface area contributed by atoms with E-state index >= 15 is 0 Å². The molecule has 0 aliphatic carbocycles. The molecule has 1 aliphatic rings. The number of carbonyl (C=O) groups excluding carboxylic acids is 2. The lowest BCUT2D eigenvalue weighted by Gasteiger charge is -2.22. The second-order valence-electron chi connectivity index (χ2n) is 6.93. The van der Waals surface area contributed by atoms with Gasteiger partial charge in [0.2, 0.25) is 0 Å². The highest BCUT2D eigenvalue weighted by molar-refractivity contribution is 7.22. The second kappa shape index (κ2) is 7.61. The van der Waals surface area contributed by atoms with Gasteiger partial charge >= 0.3 is 5.91 Å². The SMILES string of the molecule is O=C1C(=O)N(c2nc3ccccc3s2)[C@@H](c2cccnc2)C1=C(O)c1ccc(Cl)cc1. The molecule has 0 saturated carbocycles. The Morgan fingerprint density at radius 2 is 1.81 bits per heavy atom. The number of aliphatic hydroxyl groups is 1. The number of Topliss-reactive ketones (excluding diaryl/α,β-unsaturated/α-hetero) is 1. The molecule has 0 spiro atoms. The zero-order chi connectivity index (χ0) is 21.5. The zero-order valence-electron chi connectivity index (χ0n) is 15.9. The molecular weight excluding hydrogens is 434 g/mol. The number of hydrogen-bond acceptors (Lipinski definition) is 6. The van der Waals surface area contributed by atoms with Gasteiger partial charge in [-0.25, -0.2) is 4.98 Å². The standard InChI is InChI=1S/C23H14ClN3O3S/c24-15-9-7-13(8-10-15)20(28)18-19(14-4-3-11-25-12-14)27(22(30)21(18)29)23-26-16-5-1-2-6-17(16)31-23/h1-12,19,28H/t19-/m0/s1. The van der Waals surface area contributed by atoms with Gasteiger partial charge in [0.05, 0.1) is 21.8 Å². The summed E-state index contributed by atoms with van der Waals surface area (Å²) in [6.45, 7) is 0. The van der Waals surface area contributed by atoms with Crippen molar-refractivity contribution in [2.75, 3.05) is 4.90 Å². The fourth-order valence-corrected chi connectivity index (χ4v) is 4.73. The third kappa shape index (κ3) is 3.28. The van der Waals surface area contributed by atoms with Crippen molar-refractivity contribution >= 4 is 55.7 Å². The molecule has 2 aromatic carbocycles. The normalized spacial score (nSPS) is 18.1. The van der Waals surface area contributed by atoms with Crippen LogP contribution in [0.25, 0.3) is 16.0 Å². The number of ketones is 1. The topological polar surface area (TPSA) is 83.4 Å².